The molecule has 1 aromatic rings. The molecule has 0 amide bonds. The fraction of sp³-hybridized carbons (Fsp3) is 0.444. The molecule has 7 heteroatoms. The molecule has 0 aromatic carbocycles. The van der Waals surface area contributed by atoms with Crippen LogP contribution in [0, 0.1) is 0 Å². The molecule has 1 rings (SSSR count). The monoisotopic (exact) mass is 263 g/mol. The molecule has 1 heterocycles. The lowest BCUT2D eigenvalue weighted by atomic mass is 10.3. The van der Waals surface area contributed by atoms with Gasteiger partial charge in [-0.05, 0) is 6.42 Å². The first kappa shape index (κ1) is 13.0. The Morgan fingerprint density at radius 1 is 1.38 bits per heavy atom. The Hall–Kier alpha value is -1.07. The molecule has 0 aliphatic heterocycles. The first-order valence-electron chi connectivity index (χ1n) is 4.72. The number of hydrogen-bond donors (Lipinski definition) is 1. The number of nitrogens with two attached hydrogens (primary N) is 1. The molecule has 1 aromatic heterocycles. The van der Waals surface area contributed by atoms with Crippen molar-refractivity contribution in [2.24, 2.45) is 0 Å². The number of rotatable bonds is 4. The number of esters is 1. The molecule has 0 aliphatic carbocycles. The zero-order valence-electron chi connectivity index (χ0n) is 8.67. The molecule has 5 nitrogen and oxygen atoms in total. The van der Waals surface area contributed by atoms with Crippen molar-refractivity contribution in [2.75, 3.05) is 12.3 Å². The molecule has 0 radical (unpaired) electrons. The summed E-state index contributed by atoms with van der Waals surface area (Å²) in [5, 5.41) is -0.196. The fourth-order valence-electron chi connectivity index (χ4n) is 0.973. The van der Waals surface area contributed by atoms with E-state index in [1.165, 1.54) is 0 Å². The molecule has 0 saturated carbocycles. The molecule has 0 aliphatic rings. The van der Waals surface area contributed by atoms with Crippen molar-refractivity contribution in [3.63, 3.8) is 0 Å². The Kier molecular flexibility index (Phi) is 4.76. The van der Waals surface area contributed by atoms with E-state index in [4.69, 9.17) is 33.7 Å². The van der Waals surface area contributed by atoms with Crippen molar-refractivity contribution < 1.29 is 9.53 Å². The minimum atomic E-state index is -0.636. The van der Waals surface area contributed by atoms with E-state index < -0.39 is 5.97 Å². The highest BCUT2D eigenvalue weighted by molar-refractivity contribution is 6.38. The Balaban J connectivity index is 2.83. The Morgan fingerprint density at radius 2 is 1.94 bits per heavy atom. The number of carbonyl (C=O) groups excluding carboxylic acids is 1. The topological polar surface area (TPSA) is 78.1 Å². The maximum absolute atomic E-state index is 11.6. The predicted octanol–water partition coefficient (Wildman–Crippen LogP) is 2.32. The van der Waals surface area contributed by atoms with Crippen LogP contribution >= 0.6 is 23.2 Å². The van der Waals surface area contributed by atoms with Crippen LogP contribution < -0.4 is 5.73 Å². The van der Waals surface area contributed by atoms with Crippen LogP contribution in [0.4, 0.5) is 5.95 Å². The summed E-state index contributed by atoms with van der Waals surface area (Å²) in [4.78, 5) is 18.8. The molecule has 0 bridgehead atoms. The normalized spacial score (nSPS) is 10.2. The average molecular weight is 264 g/mol. The number of unbranched alkanes of at least 4 members (excludes halogenated alkanes) is 1. The number of aromatic nitrogens is 2. The van der Waals surface area contributed by atoms with Crippen molar-refractivity contribution in [1.29, 1.82) is 0 Å². The molecule has 0 atom stereocenters. The second-order valence-electron chi connectivity index (χ2n) is 3.03. The van der Waals surface area contributed by atoms with Gasteiger partial charge >= 0.3 is 5.97 Å². The van der Waals surface area contributed by atoms with Crippen molar-refractivity contribution in [3.8, 4) is 0 Å². The molecule has 0 saturated heterocycles. The van der Waals surface area contributed by atoms with E-state index >= 15 is 0 Å². The Morgan fingerprint density at radius 3 is 2.44 bits per heavy atom. The summed E-state index contributed by atoms with van der Waals surface area (Å²) >= 11 is 11.5. The van der Waals surface area contributed by atoms with Crippen molar-refractivity contribution >= 4 is 35.1 Å². The standard InChI is InChI=1S/C9H11Cl2N3O2/c1-2-3-4-16-8(15)5-6(10)13-9(12)14-7(5)11/h2-4H2,1H3,(H2,12,13,14). The smallest absolute Gasteiger partial charge is 0.344 e. The zero-order valence-corrected chi connectivity index (χ0v) is 10.2. The lowest BCUT2D eigenvalue weighted by Gasteiger charge is -2.06. The minimum absolute atomic E-state index is 0.0476. The molecule has 0 spiro atoms. The van der Waals surface area contributed by atoms with Gasteiger partial charge in [-0.25, -0.2) is 14.8 Å². The van der Waals surface area contributed by atoms with Gasteiger partial charge in [-0.15, -0.1) is 0 Å². The third kappa shape index (κ3) is 3.21. The van der Waals surface area contributed by atoms with Crippen molar-refractivity contribution in [2.45, 2.75) is 19.8 Å². The molecule has 2 N–H and O–H groups in total. The summed E-state index contributed by atoms with van der Waals surface area (Å²) in [6, 6.07) is 0. The van der Waals surface area contributed by atoms with Crippen molar-refractivity contribution in [1.82, 2.24) is 9.97 Å². The maximum atomic E-state index is 11.6. The van der Waals surface area contributed by atoms with Gasteiger partial charge in [0.15, 0.2) is 10.3 Å². The number of ether oxygens (including phenoxy) is 1. The van der Waals surface area contributed by atoms with Crippen LogP contribution in [0.25, 0.3) is 0 Å². The highest BCUT2D eigenvalue weighted by Crippen LogP contribution is 2.22. The Labute approximate surface area is 103 Å². The first-order valence-corrected chi connectivity index (χ1v) is 5.47. The predicted molar refractivity (Wildman–Crippen MR) is 61.7 cm³/mol. The summed E-state index contributed by atoms with van der Waals surface area (Å²) in [7, 11) is 0. The fourth-order valence-corrected chi connectivity index (χ4v) is 1.53. The summed E-state index contributed by atoms with van der Waals surface area (Å²) in [6.07, 6.45) is 1.70. The van der Waals surface area contributed by atoms with Gasteiger partial charge in [0.1, 0.15) is 5.56 Å². The third-order valence-corrected chi connectivity index (χ3v) is 2.32. The lowest BCUT2D eigenvalue weighted by molar-refractivity contribution is 0.0499. The van der Waals surface area contributed by atoms with E-state index in [0.29, 0.717) is 6.61 Å². The van der Waals surface area contributed by atoms with E-state index in [0.717, 1.165) is 12.8 Å². The van der Waals surface area contributed by atoms with Crippen LogP contribution in [0.2, 0.25) is 10.3 Å². The molecular formula is C9H11Cl2N3O2. The molecule has 88 valence electrons. The minimum Gasteiger partial charge on any atom is -0.462 e. The number of halogens is 2. The van der Waals surface area contributed by atoms with Gasteiger partial charge < -0.3 is 10.5 Å². The quantitative estimate of drug-likeness (QED) is 0.513. The van der Waals surface area contributed by atoms with Crippen molar-refractivity contribution in [3.05, 3.63) is 15.9 Å². The van der Waals surface area contributed by atoms with E-state index in [1.54, 1.807) is 0 Å². The summed E-state index contributed by atoms with van der Waals surface area (Å²) in [5.74, 6) is -0.719. The third-order valence-electron chi connectivity index (χ3n) is 1.77. The van der Waals surface area contributed by atoms with Gasteiger partial charge in [0.05, 0.1) is 6.61 Å². The second kappa shape index (κ2) is 5.86. The van der Waals surface area contributed by atoms with Gasteiger partial charge in [-0.3, -0.25) is 0 Å². The molecule has 0 fully saturated rings. The van der Waals surface area contributed by atoms with Crippen LogP contribution in [0.15, 0.2) is 0 Å². The lowest BCUT2D eigenvalue weighted by Crippen LogP contribution is -2.10. The zero-order chi connectivity index (χ0) is 12.1. The van der Waals surface area contributed by atoms with Crippen LogP contribution in [0.1, 0.15) is 30.1 Å². The van der Waals surface area contributed by atoms with Crippen LogP contribution in [-0.4, -0.2) is 22.5 Å². The largest absolute Gasteiger partial charge is 0.462 e. The number of nitrogen functional groups attached to an aromatic ring is 1. The van der Waals surface area contributed by atoms with Gasteiger partial charge in [-0.1, -0.05) is 36.5 Å². The Bertz CT molecular complexity index is 375. The molecule has 16 heavy (non-hydrogen) atoms. The second-order valence-corrected chi connectivity index (χ2v) is 3.74. The first-order chi connectivity index (χ1) is 7.56. The number of carbonyl (C=O) groups is 1. The van der Waals surface area contributed by atoms with Crippen LogP contribution in [0.5, 0.6) is 0 Å². The van der Waals surface area contributed by atoms with Gasteiger partial charge in [0, 0.05) is 0 Å². The number of anilines is 1. The maximum Gasteiger partial charge on any atom is 0.344 e. The van der Waals surface area contributed by atoms with E-state index in [9.17, 15) is 4.79 Å². The van der Waals surface area contributed by atoms with E-state index in [-0.39, 0.29) is 21.8 Å². The highest BCUT2D eigenvalue weighted by Gasteiger charge is 2.19. The van der Waals surface area contributed by atoms with E-state index in [2.05, 4.69) is 9.97 Å². The van der Waals surface area contributed by atoms with E-state index in [1.807, 2.05) is 6.92 Å². The van der Waals surface area contributed by atoms with Gasteiger partial charge in [0.25, 0.3) is 0 Å². The summed E-state index contributed by atoms with van der Waals surface area (Å²) in [6.45, 7) is 2.30. The molecular weight excluding hydrogens is 253 g/mol. The summed E-state index contributed by atoms with van der Waals surface area (Å²) in [5.41, 5.74) is 5.26. The van der Waals surface area contributed by atoms with Gasteiger partial charge in [0.2, 0.25) is 5.95 Å². The van der Waals surface area contributed by atoms with Crippen LogP contribution in [0.3, 0.4) is 0 Å². The SMILES string of the molecule is CCCCOC(=O)c1c(Cl)nc(N)nc1Cl. The molecule has 0 unspecified atom stereocenters. The summed E-state index contributed by atoms with van der Waals surface area (Å²) < 4.78 is 4.94. The average Bonchev–Trinajstić information content (AvgIpc) is 2.16. The highest BCUT2D eigenvalue weighted by atomic mass is 35.5. The van der Waals surface area contributed by atoms with Gasteiger partial charge in [-0.2, -0.15) is 0 Å². The number of hydrogen-bond acceptors (Lipinski definition) is 5. The number of nitrogens with zero attached hydrogens (tertiary/aromatic N) is 2. The van der Waals surface area contributed by atoms with Crippen LogP contribution in [-0.2, 0) is 4.74 Å².